The van der Waals surface area contributed by atoms with Crippen molar-refractivity contribution >= 4 is 17.7 Å². The molecule has 0 amide bonds. The molecule has 0 bridgehead atoms. The van der Waals surface area contributed by atoms with Crippen LogP contribution in [0.2, 0.25) is 0 Å². The Morgan fingerprint density at radius 2 is 1.44 bits per heavy atom. The van der Waals surface area contributed by atoms with Crippen molar-refractivity contribution in [1.82, 2.24) is 0 Å². The lowest BCUT2D eigenvalue weighted by Crippen LogP contribution is -2.69. The summed E-state index contributed by atoms with van der Waals surface area (Å²) in [7, 11) is 0. The quantitative estimate of drug-likeness (QED) is 0.344. The van der Waals surface area contributed by atoms with Crippen LogP contribution < -0.4 is 0 Å². The maximum Gasteiger partial charge on any atom is 0.307 e. The molecule has 0 heterocycles. The van der Waals surface area contributed by atoms with E-state index in [1.165, 1.54) is 19.8 Å². The number of ketones is 1. The van der Waals surface area contributed by atoms with E-state index < -0.39 is 0 Å². The van der Waals surface area contributed by atoms with Crippen molar-refractivity contribution in [2.24, 2.45) is 56.2 Å². The summed E-state index contributed by atoms with van der Waals surface area (Å²) in [4.78, 5) is 37.8. The molecule has 5 aliphatic rings. The molecule has 0 N–H and O–H groups in total. The van der Waals surface area contributed by atoms with Gasteiger partial charge in [0.2, 0.25) is 0 Å². The van der Waals surface area contributed by atoms with Gasteiger partial charge in [0.05, 0.1) is 6.61 Å². The van der Waals surface area contributed by atoms with Gasteiger partial charge in [-0.05, 0) is 96.7 Å². The zero-order valence-corrected chi connectivity index (χ0v) is 26.0. The fraction of sp³-hybridized carbons (Fsp3) is 0.853. The molecule has 2 unspecified atom stereocenters. The van der Waals surface area contributed by atoms with Gasteiger partial charge >= 0.3 is 11.9 Å². The van der Waals surface area contributed by atoms with Gasteiger partial charge in [-0.2, -0.15) is 0 Å². The second-order valence-corrected chi connectivity index (χ2v) is 16.2. The van der Waals surface area contributed by atoms with Crippen molar-refractivity contribution in [2.45, 2.75) is 120 Å². The van der Waals surface area contributed by atoms with E-state index in [0.717, 1.165) is 44.9 Å². The monoisotopic (exact) mass is 540 g/mol. The number of hydrogen-bond acceptors (Lipinski definition) is 5. The van der Waals surface area contributed by atoms with E-state index in [4.69, 9.17) is 9.47 Å². The highest BCUT2D eigenvalue weighted by Gasteiger charge is 2.72. The van der Waals surface area contributed by atoms with Crippen LogP contribution in [0.4, 0.5) is 0 Å². The maximum atomic E-state index is 14.0. The Hall–Kier alpha value is -1.65. The first-order valence-corrected chi connectivity index (χ1v) is 15.5. The molecule has 4 saturated carbocycles. The van der Waals surface area contributed by atoms with Crippen molar-refractivity contribution < 1.29 is 23.9 Å². The van der Waals surface area contributed by atoms with Crippen LogP contribution in [0.1, 0.15) is 120 Å². The van der Waals surface area contributed by atoms with Crippen LogP contribution in [0.5, 0.6) is 0 Å². The molecule has 0 spiro atoms. The molecule has 0 saturated heterocycles. The molecule has 0 aromatic rings. The lowest BCUT2D eigenvalue weighted by atomic mass is 9.30. The number of carbonyl (C=O) groups excluding carboxylic acids is 3. The van der Waals surface area contributed by atoms with Gasteiger partial charge in [0, 0.05) is 37.2 Å². The summed E-state index contributed by atoms with van der Waals surface area (Å²) in [5.74, 6) is 1.13. The summed E-state index contributed by atoms with van der Waals surface area (Å²) in [5, 5.41) is 0. The zero-order chi connectivity index (χ0) is 28.8. The van der Waals surface area contributed by atoms with E-state index in [0.29, 0.717) is 24.2 Å². The van der Waals surface area contributed by atoms with Gasteiger partial charge in [0.1, 0.15) is 5.76 Å². The first-order chi connectivity index (χ1) is 17.9. The predicted octanol–water partition coefficient (Wildman–Crippen LogP) is 7.67. The Morgan fingerprint density at radius 3 is 2.08 bits per heavy atom. The number of ether oxygens (including phenoxy) is 2. The molecular weight excluding hydrogens is 488 g/mol. The Balaban J connectivity index is 1.55. The van der Waals surface area contributed by atoms with Crippen molar-refractivity contribution in [3.05, 3.63) is 11.8 Å². The molecule has 218 valence electrons. The SMILES string of the molecule is CC(=O)OC[C@]12CCC(C)(C)C[C@H]1[C@]1(C)CC[C@@]3(C)C4C(=O)C=C(OC(C)=O)[C@H](C)[C@@]4(C)CCC3[C@@]1(C)CC2. The molecule has 5 rings (SSSR count). The molecule has 5 nitrogen and oxygen atoms in total. The first kappa shape index (κ1) is 28.9. The van der Waals surface area contributed by atoms with Gasteiger partial charge in [-0.15, -0.1) is 0 Å². The van der Waals surface area contributed by atoms with Gasteiger partial charge in [0.15, 0.2) is 5.78 Å². The Kier molecular flexibility index (Phi) is 6.60. The zero-order valence-electron chi connectivity index (χ0n) is 26.0. The summed E-state index contributed by atoms with van der Waals surface area (Å²) < 4.78 is 11.4. The third-order valence-corrected chi connectivity index (χ3v) is 13.9. The summed E-state index contributed by atoms with van der Waals surface area (Å²) in [6, 6.07) is 0. The van der Waals surface area contributed by atoms with E-state index in [1.807, 2.05) is 0 Å². The largest absolute Gasteiger partial charge is 0.465 e. The second-order valence-electron chi connectivity index (χ2n) is 16.2. The van der Waals surface area contributed by atoms with E-state index in [1.54, 1.807) is 13.0 Å². The van der Waals surface area contributed by atoms with Crippen molar-refractivity contribution in [1.29, 1.82) is 0 Å². The molecule has 5 heteroatoms. The molecule has 39 heavy (non-hydrogen) atoms. The molecule has 0 aliphatic heterocycles. The van der Waals surface area contributed by atoms with Crippen LogP contribution in [-0.2, 0) is 23.9 Å². The van der Waals surface area contributed by atoms with Gasteiger partial charge in [-0.25, -0.2) is 0 Å². The molecule has 5 aliphatic carbocycles. The molecule has 4 fully saturated rings. The van der Waals surface area contributed by atoms with Gasteiger partial charge in [0.25, 0.3) is 0 Å². The van der Waals surface area contributed by atoms with E-state index in [-0.39, 0.29) is 62.0 Å². The van der Waals surface area contributed by atoms with Crippen LogP contribution in [0.15, 0.2) is 11.8 Å². The Morgan fingerprint density at radius 1 is 0.821 bits per heavy atom. The van der Waals surface area contributed by atoms with Gasteiger partial charge in [-0.3, -0.25) is 14.4 Å². The Bertz CT molecular complexity index is 1100. The van der Waals surface area contributed by atoms with E-state index >= 15 is 0 Å². The molecule has 0 aromatic heterocycles. The standard InChI is InChI=1S/C34H52O5/c1-21-25(39-23(3)36)18-24(37)28-30(21,6)11-10-26-31(28,7)13-14-33(9)27-19-29(4,5)12-16-34(27,20-38-22(2)35)17-15-32(26,33)8/h18,21,26-28H,10-17,19-20H2,1-9H3/t21-,26?,27-,28?,30+,31+,32+,33-,34+/m0/s1. The minimum absolute atomic E-state index is 0.0323. The average Bonchev–Trinajstić information content (AvgIpc) is 2.82. The van der Waals surface area contributed by atoms with Crippen LogP contribution >= 0.6 is 0 Å². The third-order valence-electron chi connectivity index (χ3n) is 13.9. The molecular formula is C34H52O5. The summed E-state index contributed by atoms with van der Waals surface area (Å²) in [6.07, 6.45) is 11.6. The fourth-order valence-corrected chi connectivity index (χ4v) is 11.4. The van der Waals surface area contributed by atoms with Crippen LogP contribution in [0.25, 0.3) is 0 Å². The molecule has 0 radical (unpaired) electrons. The highest BCUT2D eigenvalue weighted by molar-refractivity contribution is 5.95. The van der Waals surface area contributed by atoms with E-state index in [9.17, 15) is 14.4 Å². The second kappa shape index (κ2) is 8.92. The van der Waals surface area contributed by atoms with Crippen molar-refractivity contribution in [2.75, 3.05) is 6.61 Å². The van der Waals surface area contributed by atoms with Gasteiger partial charge < -0.3 is 9.47 Å². The molecule has 0 aromatic carbocycles. The smallest absolute Gasteiger partial charge is 0.307 e. The van der Waals surface area contributed by atoms with Crippen LogP contribution in [0.3, 0.4) is 0 Å². The lowest BCUT2D eigenvalue weighted by Gasteiger charge is -2.74. The minimum atomic E-state index is -0.348. The lowest BCUT2D eigenvalue weighted by molar-refractivity contribution is -0.259. The Labute approximate surface area is 236 Å². The number of allylic oxidation sites excluding steroid dienone is 2. The number of esters is 2. The topological polar surface area (TPSA) is 69.7 Å². The van der Waals surface area contributed by atoms with Crippen molar-refractivity contribution in [3.8, 4) is 0 Å². The third kappa shape index (κ3) is 4.02. The molecule has 9 atom stereocenters. The van der Waals surface area contributed by atoms with Gasteiger partial charge in [-0.1, -0.05) is 48.5 Å². The number of rotatable bonds is 3. The minimum Gasteiger partial charge on any atom is -0.465 e. The number of carbonyl (C=O) groups is 3. The number of fused-ring (bicyclic) bond motifs is 7. The van der Waals surface area contributed by atoms with E-state index in [2.05, 4.69) is 48.5 Å². The summed E-state index contributed by atoms with van der Waals surface area (Å²) >= 11 is 0. The maximum absolute atomic E-state index is 14.0. The first-order valence-electron chi connectivity index (χ1n) is 15.5. The highest BCUT2D eigenvalue weighted by atomic mass is 16.5. The van der Waals surface area contributed by atoms with Crippen LogP contribution in [-0.4, -0.2) is 24.3 Å². The van der Waals surface area contributed by atoms with Crippen LogP contribution in [0, 0.1) is 56.2 Å². The fourth-order valence-electron chi connectivity index (χ4n) is 11.4. The summed E-state index contributed by atoms with van der Waals surface area (Å²) in [5.41, 5.74) is 0.274. The average molecular weight is 541 g/mol. The predicted molar refractivity (Wildman–Crippen MR) is 151 cm³/mol. The summed E-state index contributed by atoms with van der Waals surface area (Å²) in [6.45, 7) is 20.3. The van der Waals surface area contributed by atoms with Crippen molar-refractivity contribution in [3.63, 3.8) is 0 Å². The number of hydrogen-bond donors (Lipinski definition) is 0. The highest BCUT2D eigenvalue weighted by Crippen LogP contribution is 2.78. The normalized spacial score (nSPS) is 48.4.